The number of esters is 2. The van der Waals surface area contributed by atoms with Gasteiger partial charge in [0.15, 0.2) is 5.78 Å². The number of ether oxygens (including phenoxy) is 3. The van der Waals surface area contributed by atoms with Crippen LogP contribution in [-0.2, 0) is 28.6 Å². The zero-order valence-corrected chi connectivity index (χ0v) is 24.3. The van der Waals surface area contributed by atoms with Crippen LogP contribution in [-0.4, -0.2) is 54.4 Å². The lowest BCUT2D eigenvalue weighted by Gasteiger charge is -2.46. The van der Waals surface area contributed by atoms with Gasteiger partial charge in [-0.15, -0.1) is 0 Å². The molecular weight excluding hydrogens is 500 g/mol. The summed E-state index contributed by atoms with van der Waals surface area (Å²) in [5, 5.41) is 11.7. The summed E-state index contributed by atoms with van der Waals surface area (Å²) in [5.41, 5.74) is -1.27. The Hall–Kier alpha value is -2.71. The second-order valence-corrected chi connectivity index (χ2v) is 12.7. The summed E-state index contributed by atoms with van der Waals surface area (Å²) in [6, 6.07) is 1.90. The topological polar surface area (TPSA) is 116 Å². The first kappa shape index (κ1) is 29.3. The maximum absolute atomic E-state index is 12.9. The number of rotatable bonds is 9. The number of carbonyl (C=O) groups is 3. The van der Waals surface area contributed by atoms with E-state index < -0.39 is 27.9 Å². The van der Waals surface area contributed by atoms with Crippen LogP contribution in [0.2, 0.25) is 0 Å². The van der Waals surface area contributed by atoms with Gasteiger partial charge in [0.25, 0.3) is 0 Å². The number of aliphatic hydroxyl groups excluding tert-OH is 1. The lowest BCUT2D eigenvalue weighted by atomic mass is 9.56. The third-order valence-corrected chi connectivity index (χ3v) is 9.75. The van der Waals surface area contributed by atoms with Gasteiger partial charge in [0, 0.05) is 22.2 Å². The minimum absolute atomic E-state index is 0.0354. The largest absolute Gasteiger partial charge is 0.472 e. The van der Waals surface area contributed by atoms with E-state index in [0.717, 1.165) is 11.1 Å². The molecule has 1 saturated carbocycles. The third-order valence-electron chi connectivity index (χ3n) is 9.75. The van der Waals surface area contributed by atoms with E-state index in [-0.39, 0.29) is 54.6 Å². The summed E-state index contributed by atoms with van der Waals surface area (Å²) in [4.78, 5) is 37.6. The molecule has 1 N–H and O–H groups in total. The average Bonchev–Trinajstić information content (AvgIpc) is 3.24. The van der Waals surface area contributed by atoms with Crippen molar-refractivity contribution in [2.24, 2.45) is 28.1 Å². The normalized spacial score (nSPS) is 36.0. The van der Waals surface area contributed by atoms with E-state index in [4.69, 9.17) is 18.6 Å². The van der Waals surface area contributed by atoms with Gasteiger partial charge in [0.05, 0.1) is 44.2 Å². The summed E-state index contributed by atoms with van der Waals surface area (Å²) in [5.74, 6) is -1.55. The molecule has 0 bridgehead atoms. The molecule has 0 unspecified atom stereocenters. The van der Waals surface area contributed by atoms with Crippen molar-refractivity contribution < 1.29 is 38.1 Å². The molecule has 0 spiro atoms. The van der Waals surface area contributed by atoms with Gasteiger partial charge in [-0.2, -0.15) is 0 Å². The molecule has 2 fully saturated rings. The van der Waals surface area contributed by atoms with Crippen LogP contribution < -0.4 is 0 Å². The Morgan fingerprint density at radius 1 is 1.23 bits per heavy atom. The predicted octanol–water partition coefficient (Wildman–Crippen LogP) is 4.77. The Balaban J connectivity index is 1.76. The molecule has 214 valence electrons. The molecule has 0 amide bonds. The third kappa shape index (κ3) is 4.59. The van der Waals surface area contributed by atoms with E-state index in [1.54, 1.807) is 32.4 Å². The van der Waals surface area contributed by atoms with Gasteiger partial charge in [0.1, 0.15) is 12.2 Å². The van der Waals surface area contributed by atoms with Gasteiger partial charge in [0.2, 0.25) is 0 Å². The SMILES string of the molecule is COC(=O)C[C@H]1C(C)(C)C(=O)C=C[C@]1(C)C=C(C)[C@@]12O[C@@H]1C[C@@H](c1ccoc1)[C@]2(C)[C@@H](O)COC(=O)C(C)C. The highest BCUT2D eigenvalue weighted by atomic mass is 16.6. The van der Waals surface area contributed by atoms with Crippen LogP contribution in [0.1, 0.15) is 72.8 Å². The van der Waals surface area contributed by atoms with Gasteiger partial charge < -0.3 is 23.7 Å². The minimum Gasteiger partial charge on any atom is -0.472 e. The smallest absolute Gasteiger partial charge is 0.308 e. The number of aliphatic hydroxyl groups is 1. The quantitative estimate of drug-likeness (QED) is 0.270. The number of ketones is 1. The van der Waals surface area contributed by atoms with E-state index in [9.17, 15) is 19.5 Å². The summed E-state index contributed by atoms with van der Waals surface area (Å²) < 4.78 is 22.3. The Morgan fingerprint density at radius 3 is 2.51 bits per heavy atom. The number of methoxy groups -OCH3 is 1. The van der Waals surface area contributed by atoms with Crippen molar-refractivity contribution in [3.63, 3.8) is 0 Å². The Bertz CT molecular complexity index is 1180. The van der Waals surface area contributed by atoms with Crippen LogP contribution in [0.5, 0.6) is 0 Å². The molecule has 2 aliphatic carbocycles. The van der Waals surface area contributed by atoms with Crippen molar-refractivity contribution in [3.8, 4) is 0 Å². The lowest BCUT2D eigenvalue weighted by Crippen LogP contribution is -2.50. The maximum atomic E-state index is 12.9. The minimum atomic E-state index is -1.02. The highest BCUT2D eigenvalue weighted by Crippen LogP contribution is 2.71. The molecule has 2 heterocycles. The molecule has 3 aliphatic rings. The zero-order valence-electron chi connectivity index (χ0n) is 24.3. The summed E-state index contributed by atoms with van der Waals surface area (Å²) in [6.45, 7) is 13.1. The molecular formula is C31H42O8. The fourth-order valence-corrected chi connectivity index (χ4v) is 7.29. The van der Waals surface area contributed by atoms with Crippen LogP contribution in [0, 0.1) is 28.1 Å². The fourth-order valence-electron chi connectivity index (χ4n) is 7.29. The number of furan rings is 1. The van der Waals surface area contributed by atoms with Gasteiger partial charge in [-0.1, -0.05) is 53.7 Å². The van der Waals surface area contributed by atoms with Crippen molar-refractivity contribution in [1.82, 2.24) is 0 Å². The molecule has 8 nitrogen and oxygen atoms in total. The standard InChI is InChI=1S/C31H42O8/c1-18(2)27(35)38-17-24(33)30(7)21(20-10-12-37-16-20)13-25-31(30,39-25)19(3)15-29(6)11-9-23(32)28(4,5)22(29)14-26(34)36-8/h9-12,15-16,18,21-22,24-25,33H,13-14,17H2,1-8H3/t21-,22-,24-,25+,29+,30+,31+/m0/s1. The highest BCUT2D eigenvalue weighted by Gasteiger charge is 2.77. The van der Waals surface area contributed by atoms with Crippen molar-refractivity contribution in [2.75, 3.05) is 13.7 Å². The molecule has 1 aromatic heterocycles. The monoisotopic (exact) mass is 542 g/mol. The first-order valence-electron chi connectivity index (χ1n) is 13.7. The molecule has 8 heteroatoms. The van der Waals surface area contributed by atoms with Crippen molar-refractivity contribution in [3.05, 3.63) is 48.0 Å². The average molecular weight is 543 g/mol. The number of hydrogen-bond acceptors (Lipinski definition) is 8. The van der Waals surface area contributed by atoms with Gasteiger partial charge in [-0.05, 0) is 42.5 Å². The molecule has 1 aromatic rings. The molecule has 0 radical (unpaired) electrons. The maximum Gasteiger partial charge on any atom is 0.308 e. The van der Waals surface area contributed by atoms with Gasteiger partial charge in [-0.3, -0.25) is 14.4 Å². The zero-order chi connectivity index (χ0) is 29.0. The highest BCUT2D eigenvalue weighted by molar-refractivity contribution is 5.96. The number of carbonyl (C=O) groups excluding carboxylic acids is 3. The summed E-state index contributed by atoms with van der Waals surface area (Å²) in [6.07, 6.45) is 8.44. The van der Waals surface area contributed by atoms with Crippen LogP contribution >= 0.6 is 0 Å². The predicted molar refractivity (Wildman–Crippen MR) is 143 cm³/mol. The molecule has 39 heavy (non-hydrogen) atoms. The summed E-state index contributed by atoms with van der Waals surface area (Å²) >= 11 is 0. The van der Waals surface area contributed by atoms with E-state index >= 15 is 0 Å². The van der Waals surface area contributed by atoms with Crippen LogP contribution in [0.15, 0.2) is 46.8 Å². The van der Waals surface area contributed by atoms with Crippen molar-refractivity contribution >= 4 is 17.7 Å². The Labute approximate surface area is 230 Å². The number of fused-ring (bicyclic) bond motifs is 1. The second kappa shape index (κ2) is 10.0. The van der Waals surface area contributed by atoms with Crippen LogP contribution in [0.3, 0.4) is 0 Å². The molecule has 7 atom stereocenters. The fraction of sp³-hybridized carbons (Fsp3) is 0.645. The van der Waals surface area contributed by atoms with E-state index in [2.05, 4.69) is 6.08 Å². The number of allylic oxidation sites excluding steroid dienone is 3. The Morgan fingerprint density at radius 2 is 1.92 bits per heavy atom. The molecule has 4 rings (SSSR count). The first-order chi connectivity index (χ1) is 18.1. The van der Waals surface area contributed by atoms with Crippen molar-refractivity contribution in [2.45, 2.75) is 85.0 Å². The molecule has 0 aromatic carbocycles. The molecule has 1 saturated heterocycles. The van der Waals surface area contributed by atoms with Gasteiger partial charge >= 0.3 is 11.9 Å². The second-order valence-electron chi connectivity index (χ2n) is 12.7. The van der Waals surface area contributed by atoms with E-state index in [1.807, 2.05) is 46.8 Å². The number of epoxide rings is 1. The Kier molecular flexibility index (Phi) is 7.54. The van der Waals surface area contributed by atoms with Crippen LogP contribution in [0.25, 0.3) is 0 Å². The lowest BCUT2D eigenvalue weighted by molar-refractivity contribution is -0.155. The number of hydrogen-bond donors (Lipinski definition) is 1. The summed E-state index contributed by atoms with van der Waals surface area (Å²) in [7, 11) is 1.35. The van der Waals surface area contributed by atoms with Gasteiger partial charge in [-0.25, -0.2) is 0 Å². The van der Waals surface area contributed by atoms with E-state index in [1.165, 1.54) is 7.11 Å². The molecule has 1 aliphatic heterocycles. The van der Waals surface area contributed by atoms with Crippen LogP contribution in [0.4, 0.5) is 0 Å². The van der Waals surface area contributed by atoms with Crippen molar-refractivity contribution in [1.29, 1.82) is 0 Å². The first-order valence-corrected chi connectivity index (χ1v) is 13.7. The van der Waals surface area contributed by atoms with E-state index in [0.29, 0.717) is 6.42 Å².